The maximum Gasteiger partial charge on any atom is 0.168 e. The Bertz CT molecular complexity index is 251. The summed E-state index contributed by atoms with van der Waals surface area (Å²) in [4.78, 5) is 9.72. The van der Waals surface area contributed by atoms with E-state index in [4.69, 9.17) is 21.4 Å². The number of hydrogen-bond donors (Lipinski definition) is 0. The summed E-state index contributed by atoms with van der Waals surface area (Å²) < 4.78 is 0. The highest BCUT2D eigenvalue weighted by molar-refractivity contribution is 6.18. The third-order valence-electron chi connectivity index (χ3n) is 2.03. The second-order valence-electron chi connectivity index (χ2n) is 2.84. The molecule has 0 amide bonds. The van der Waals surface area contributed by atoms with E-state index in [2.05, 4.69) is 0 Å². The van der Waals surface area contributed by atoms with Crippen LogP contribution in [-0.4, -0.2) is 12.5 Å². The van der Waals surface area contributed by atoms with E-state index in [1.807, 2.05) is 30.3 Å². The zero-order valence-corrected chi connectivity index (χ0v) is 7.25. The van der Waals surface area contributed by atoms with Gasteiger partial charge < -0.3 is 0 Å². The lowest BCUT2D eigenvalue weighted by atomic mass is 9.96. The Morgan fingerprint density at radius 1 is 1.33 bits per heavy atom. The van der Waals surface area contributed by atoms with Crippen molar-refractivity contribution in [3.05, 3.63) is 35.9 Å². The first-order valence-electron chi connectivity index (χ1n) is 3.79. The van der Waals surface area contributed by atoms with Crippen LogP contribution in [0, 0.1) is 0 Å². The summed E-state index contributed by atoms with van der Waals surface area (Å²) in [6.07, 6.45) is 0. The second-order valence-corrected chi connectivity index (χ2v) is 3.11. The molecule has 1 aliphatic rings. The molecule has 0 aliphatic carbocycles. The highest BCUT2D eigenvalue weighted by Gasteiger charge is 2.42. The van der Waals surface area contributed by atoms with Crippen molar-refractivity contribution in [3.8, 4) is 0 Å². The minimum Gasteiger partial charge on any atom is -0.232 e. The minimum absolute atomic E-state index is 0.400. The van der Waals surface area contributed by atoms with Crippen molar-refractivity contribution in [3.63, 3.8) is 0 Å². The van der Waals surface area contributed by atoms with Crippen molar-refractivity contribution >= 4 is 11.6 Å². The van der Waals surface area contributed by atoms with Crippen LogP contribution < -0.4 is 0 Å². The first kappa shape index (κ1) is 8.05. The lowest BCUT2D eigenvalue weighted by Crippen LogP contribution is -2.46. The first-order valence-corrected chi connectivity index (χ1v) is 4.33. The quantitative estimate of drug-likeness (QED) is 0.518. The van der Waals surface area contributed by atoms with E-state index in [-0.39, 0.29) is 0 Å². The van der Waals surface area contributed by atoms with Gasteiger partial charge in [-0.05, 0) is 5.56 Å². The summed E-state index contributed by atoms with van der Waals surface area (Å²) in [5, 5.41) is 0. The van der Waals surface area contributed by atoms with Crippen LogP contribution >= 0.6 is 11.6 Å². The van der Waals surface area contributed by atoms with Gasteiger partial charge in [-0.1, -0.05) is 30.3 Å². The predicted molar refractivity (Wildman–Crippen MR) is 45.9 cm³/mol. The number of hydrogen-bond acceptors (Lipinski definition) is 2. The SMILES string of the molecule is ClCC1(c2ccccc2)COO1. The third kappa shape index (κ3) is 1.12. The topological polar surface area (TPSA) is 18.5 Å². The highest BCUT2D eigenvalue weighted by atomic mass is 35.5. The largest absolute Gasteiger partial charge is 0.232 e. The van der Waals surface area contributed by atoms with E-state index in [0.717, 1.165) is 5.56 Å². The molecule has 3 heteroatoms. The summed E-state index contributed by atoms with van der Waals surface area (Å²) in [6.45, 7) is 0.542. The lowest BCUT2D eigenvalue weighted by Gasteiger charge is -2.38. The summed E-state index contributed by atoms with van der Waals surface area (Å²) in [5.74, 6) is 0.428. The van der Waals surface area contributed by atoms with Crippen molar-refractivity contribution in [2.45, 2.75) is 5.60 Å². The average molecular weight is 185 g/mol. The van der Waals surface area contributed by atoms with Crippen LogP contribution in [0.3, 0.4) is 0 Å². The van der Waals surface area contributed by atoms with Crippen LogP contribution in [0.5, 0.6) is 0 Å². The van der Waals surface area contributed by atoms with Crippen LogP contribution in [-0.2, 0) is 15.4 Å². The van der Waals surface area contributed by atoms with E-state index in [0.29, 0.717) is 12.5 Å². The van der Waals surface area contributed by atoms with Crippen LogP contribution in [0.2, 0.25) is 0 Å². The van der Waals surface area contributed by atoms with Crippen molar-refractivity contribution in [1.29, 1.82) is 0 Å². The van der Waals surface area contributed by atoms with Gasteiger partial charge in [0.1, 0.15) is 6.61 Å². The molecule has 64 valence electrons. The molecule has 0 spiro atoms. The maximum atomic E-state index is 5.79. The van der Waals surface area contributed by atoms with Crippen molar-refractivity contribution in [2.24, 2.45) is 0 Å². The fourth-order valence-electron chi connectivity index (χ4n) is 1.21. The van der Waals surface area contributed by atoms with Gasteiger partial charge in [-0.15, -0.1) is 11.6 Å². The summed E-state index contributed by atoms with van der Waals surface area (Å²) >= 11 is 5.79. The standard InChI is InChI=1S/C9H9ClO2/c10-6-9(7-11-12-9)8-4-2-1-3-5-8/h1-5H,6-7H2. The van der Waals surface area contributed by atoms with Crippen molar-refractivity contribution in [1.82, 2.24) is 0 Å². The molecule has 0 bridgehead atoms. The summed E-state index contributed by atoms with van der Waals surface area (Å²) in [6, 6.07) is 9.87. The molecule has 0 radical (unpaired) electrons. The van der Waals surface area contributed by atoms with Gasteiger partial charge in [-0.25, -0.2) is 9.78 Å². The van der Waals surface area contributed by atoms with E-state index in [1.165, 1.54) is 0 Å². The molecule has 1 aromatic carbocycles. The first-order chi connectivity index (χ1) is 5.87. The smallest absolute Gasteiger partial charge is 0.168 e. The fourth-order valence-corrected chi connectivity index (χ4v) is 1.49. The predicted octanol–water partition coefficient (Wildman–Crippen LogP) is 2.08. The molecule has 1 saturated heterocycles. The molecule has 1 unspecified atom stereocenters. The average Bonchev–Trinajstić information content (AvgIpc) is 2.05. The summed E-state index contributed by atoms with van der Waals surface area (Å²) in [5.41, 5.74) is 0.675. The third-order valence-corrected chi connectivity index (χ3v) is 2.46. The molecule has 1 atom stereocenters. The van der Waals surface area contributed by atoms with Gasteiger partial charge in [0.25, 0.3) is 0 Å². The van der Waals surface area contributed by atoms with Crippen LogP contribution in [0.1, 0.15) is 5.56 Å². The molecule has 0 N–H and O–H groups in total. The number of alkyl halides is 1. The molecular formula is C9H9ClO2. The van der Waals surface area contributed by atoms with Crippen LogP contribution in [0.25, 0.3) is 0 Å². The van der Waals surface area contributed by atoms with Gasteiger partial charge in [0.05, 0.1) is 5.88 Å². The molecule has 1 fully saturated rings. The maximum absolute atomic E-state index is 5.79. The molecule has 0 aromatic heterocycles. The minimum atomic E-state index is -0.400. The zero-order chi connectivity index (χ0) is 8.44. The lowest BCUT2D eigenvalue weighted by molar-refractivity contribution is -0.472. The number of halogens is 1. The second kappa shape index (κ2) is 3.05. The van der Waals surface area contributed by atoms with Crippen LogP contribution in [0.15, 0.2) is 30.3 Å². The summed E-state index contributed by atoms with van der Waals surface area (Å²) in [7, 11) is 0. The number of rotatable bonds is 2. The van der Waals surface area contributed by atoms with E-state index in [1.54, 1.807) is 0 Å². The molecule has 1 aromatic rings. The highest BCUT2D eigenvalue weighted by Crippen LogP contribution is 2.34. The molecular weight excluding hydrogens is 176 g/mol. The Kier molecular flexibility index (Phi) is 2.05. The van der Waals surface area contributed by atoms with Gasteiger partial charge in [-0.3, -0.25) is 0 Å². The van der Waals surface area contributed by atoms with Gasteiger partial charge >= 0.3 is 0 Å². The Hall–Kier alpha value is -0.570. The van der Waals surface area contributed by atoms with Gasteiger partial charge in [0.2, 0.25) is 0 Å². The van der Waals surface area contributed by atoms with Crippen molar-refractivity contribution < 1.29 is 9.78 Å². The molecule has 2 nitrogen and oxygen atoms in total. The normalized spacial score (nSPS) is 28.1. The van der Waals surface area contributed by atoms with Gasteiger partial charge in [0.15, 0.2) is 5.60 Å². The number of benzene rings is 1. The fraction of sp³-hybridized carbons (Fsp3) is 0.333. The van der Waals surface area contributed by atoms with Gasteiger partial charge in [-0.2, -0.15) is 0 Å². The van der Waals surface area contributed by atoms with Crippen molar-refractivity contribution in [2.75, 3.05) is 12.5 Å². The molecule has 1 aliphatic heterocycles. The monoisotopic (exact) mass is 184 g/mol. The Labute approximate surface area is 76.0 Å². The molecule has 2 rings (SSSR count). The Morgan fingerprint density at radius 3 is 2.42 bits per heavy atom. The van der Waals surface area contributed by atoms with E-state index >= 15 is 0 Å². The molecule has 12 heavy (non-hydrogen) atoms. The van der Waals surface area contributed by atoms with E-state index < -0.39 is 5.60 Å². The molecule has 1 heterocycles. The zero-order valence-electron chi connectivity index (χ0n) is 6.50. The Morgan fingerprint density at radius 2 is 2.00 bits per heavy atom. The molecule has 0 saturated carbocycles. The Balaban J connectivity index is 2.28. The van der Waals surface area contributed by atoms with Crippen LogP contribution in [0.4, 0.5) is 0 Å². The van der Waals surface area contributed by atoms with Gasteiger partial charge in [0, 0.05) is 0 Å². The van der Waals surface area contributed by atoms with E-state index in [9.17, 15) is 0 Å².